The van der Waals surface area contributed by atoms with E-state index >= 15 is 0 Å². The average Bonchev–Trinajstić information content (AvgIpc) is 2.96. The molecule has 0 aliphatic carbocycles. The number of hydrogen-bond donors (Lipinski definition) is 0. The van der Waals surface area contributed by atoms with Crippen LogP contribution in [0.2, 0.25) is 0 Å². The van der Waals surface area contributed by atoms with Gasteiger partial charge in [-0.15, -0.1) is 0 Å². The van der Waals surface area contributed by atoms with Gasteiger partial charge in [-0.1, -0.05) is 49.1 Å². The second kappa shape index (κ2) is 13.2. The van der Waals surface area contributed by atoms with Crippen LogP contribution < -0.4 is 14.0 Å². The minimum absolute atomic E-state index is 0.127. The number of halogens is 12. The van der Waals surface area contributed by atoms with Gasteiger partial charge in [0.15, 0.2) is 0 Å². The summed E-state index contributed by atoms with van der Waals surface area (Å²) in [6, 6.07) is 12.9. The molecule has 0 saturated carbocycles. The molecule has 0 atom stereocenters. The number of hydrogen-bond acceptors (Lipinski definition) is 3. The number of alkyl halides is 12. The van der Waals surface area contributed by atoms with Gasteiger partial charge in [0.1, 0.15) is 17.2 Å². The van der Waals surface area contributed by atoms with E-state index in [1.165, 1.54) is 24.3 Å². The summed E-state index contributed by atoms with van der Waals surface area (Å²) in [5.74, 6) is -2.56. The fourth-order valence-electron chi connectivity index (χ4n) is 4.19. The van der Waals surface area contributed by atoms with Crippen molar-refractivity contribution in [3.05, 3.63) is 130 Å². The molecule has 0 radical (unpaired) electrons. The van der Waals surface area contributed by atoms with Crippen molar-refractivity contribution < 1.29 is 66.6 Å². The average molecular weight is 678 g/mol. The topological polar surface area (TPSA) is 27.7 Å². The van der Waals surface area contributed by atoms with Crippen molar-refractivity contribution in [1.29, 1.82) is 0 Å². The molecule has 47 heavy (non-hydrogen) atoms. The fourth-order valence-corrected chi connectivity index (χ4v) is 4.19. The van der Waals surface area contributed by atoms with Gasteiger partial charge in [-0.05, 0) is 71.6 Å². The van der Waals surface area contributed by atoms with E-state index < -0.39 is 65.8 Å². The predicted octanol–water partition coefficient (Wildman–Crippen LogP) is 10.5. The summed E-state index contributed by atoms with van der Waals surface area (Å²) in [5.41, 5.74) is -4.88. The Morgan fingerprint density at radius 2 is 0.894 bits per heavy atom. The third-order valence-corrected chi connectivity index (χ3v) is 6.41. The van der Waals surface area contributed by atoms with Gasteiger partial charge in [0.05, 0.1) is 22.3 Å². The molecule has 16 heteroatoms. The Balaban J connectivity index is 1.73. The van der Waals surface area contributed by atoms with Crippen LogP contribution in [0.3, 0.4) is 0 Å². The van der Waals surface area contributed by atoms with Crippen LogP contribution in [-0.2, 0) is 31.1 Å². The molecular weight excluding hydrogens is 659 g/mol. The van der Waals surface area contributed by atoms with E-state index in [9.17, 15) is 52.7 Å². The van der Waals surface area contributed by atoms with Crippen molar-refractivity contribution in [3.8, 4) is 17.2 Å². The largest absolute Gasteiger partial charge is 0.864 e. The van der Waals surface area contributed by atoms with E-state index in [1.807, 2.05) is 12.1 Å². The summed E-state index contributed by atoms with van der Waals surface area (Å²) in [4.78, 5) is 0. The van der Waals surface area contributed by atoms with Crippen LogP contribution in [0.4, 0.5) is 52.7 Å². The molecule has 0 aliphatic heterocycles. The van der Waals surface area contributed by atoms with Crippen molar-refractivity contribution in [2.75, 3.05) is 0 Å². The molecule has 4 aromatic rings. The minimum Gasteiger partial charge on any atom is -0.490 e. The second-order valence-electron chi connectivity index (χ2n) is 9.85. The van der Waals surface area contributed by atoms with Gasteiger partial charge in [-0.25, -0.2) is 0 Å². The smallest absolute Gasteiger partial charge is 0.490 e. The summed E-state index contributed by atoms with van der Waals surface area (Å²) in [6.45, 7) is 3.73. The van der Waals surface area contributed by atoms with Gasteiger partial charge in [0.2, 0.25) is 0 Å². The first kappa shape index (κ1) is 35.1. The molecule has 0 aromatic heterocycles. The van der Waals surface area contributed by atoms with Gasteiger partial charge >= 0.3 is 32.0 Å². The Morgan fingerprint density at radius 3 is 1.28 bits per heavy atom. The van der Waals surface area contributed by atoms with E-state index in [4.69, 9.17) is 14.0 Å². The summed E-state index contributed by atoms with van der Waals surface area (Å²) >= 11 is 0. The van der Waals surface area contributed by atoms with Gasteiger partial charge in [0.25, 0.3) is 0 Å². The van der Waals surface area contributed by atoms with E-state index in [2.05, 4.69) is 6.58 Å². The predicted molar refractivity (Wildman–Crippen MR) is 146 cm³/mol. The summed E-state index contributed by atoms with van der Waals surface area (Å²) in [6.07, 6.45) is -19.2. The number of benzene rings is 4. The Labute approximate surface area is 259 Å². The van der Waals surface area contributed by atoms with Crippen molar-refractivity contribution in [3.63, 3.8) is 0 Å². The summed E-state index contributed by atoms with van der Waals surface area (Å²) < 4.78 is 177. The molecule has 0 fully saturated rings. The molecular formula is C31H19BF12O3. The van der Waals surface area contributed by atoms with Crippen LogP contribution >= 0.6 is 0 Å². The minimum atomic E-state index is -5.31. The first-order valence-electron chi connectivity index (χ1n) is 13.1. The molecule has 0 spiro atoms. The highest BCUT2D eigenvalue weighted by molar-refractivity contribution is 6.39. The lowest BCUT2D eigenvalue weighted by atomic mass is 10.00. The Kier molecular flexibility index (Phi) is 9.83. The quantitative estimate of drug-likeness (QED) is 0.130. The molecule has 0 aliphatic rings. The maximum Gasteiger partial charge on any atom is 0.864 e. The van der Waals surface area contributed by atoms with Crippen molar-refractivity contribution >= 4 is 13.4 Å². The molecule has 0 saturated heterocycles. The maximum absolute atomic E-state index is 13.4. The second-order valence-corrected chi connectivity index (χ2v) is 9.85. The van der Waals surface area contributed by atoms with Crippen LogP contribution in [0.5, 0.6) is 17.2 Å². The van der Waals surface area contributed by atoms with E-state index in [0.717, 1.165) is 11.1 Å². The van der Waals surface area contributed by atoms with E-state index in [0.29, 0.717) is 12.0 Å². The molecule has 0 N–H and O–H groups in total. The van der Waals surface area contributed by atoms with Crippen molar-refractivity contribution in [2.45, 2.75) is 31.1 Å². The lowest BCUT2D eigenvalue weighted by Crippen LogP contribution is -2.37. The Bertz CT molecular complexity index is 1570. The normalized spacial score (nSPS) is 12.4. The maximum atomic E-state index is 13.4. The fraction of sp³-hybridized carbons (Fsp3) is 0.161. The van der Waals surface area contributed by atoms with Crippen molar-refractivity contribution in [2.24, 2.45) is 0 Å². The van der Waals surface area contributed by atoms with Crippen LogP contribution in [0.25, 0.3) is 6.08 Å². The standard InChI is InChI=1S/C31H19BF12O3/c1-2-19-5-3-4-6-20(19)11-18-7-9-25(10-8-18)45-32(46-26-14-21(28(33,34)35)12-22(15-26)29(36,37)38)47-27-16-23(30(39,40)41)13-24(17-27)31(42,43)44/h2-10,12-17H,1,11H2. The van der Waals surface area contributed by atoms with Gasteiger partial charge in [-0.2, -0.15) is 52.7 Å². The van der Waals surface area contributed by atoms with E-state index in [1.54, 1.807) is 18.2 Å². The summed E-state index contributed by atoms with van der Waals surface area (Å²) in [7, 11) is -2.49. The monoisotopic (exact) mass is 678 g/mol. The van der Waals surface area contributed by atoms with Crippen LogP contribution in [0, 0.1) is 0 Å². The molecule has 0 heterocycles. The SMILES string of the molecule is C=Cc1ccccc1Cc1ccc(OB(Oc2cc(C(F)(F)F)cc(C(F)(F)F)c2)Oc2cc(C(F)(F)F)cc(C(F)(F)F)c2)cc1. The van der Waals surface area contributed by atoms with E-state index in [-0.39, 0.29) is 42.1 Å². The Morgan fingerprint density at radius 1 is 0.511 bits per heavy atom. The zero-order valence-electron chi connectivity index (χ0n) is 23.4. The number of rotatable bonds is 9. The van der Waals surface area contributed by atoms with Crippen LogP contribution in [0.1, 0.15) is 38.9 Å². The molecule has 4 aromatic carbocycles. The third-order valence-electron chi connectivity index (χ3n) is 6.41. The molecule has 4 rings (SSSR count). The zero-order valence-corrected chi connectivity index (χ0v) is 23.4. The van der Waals surface area contributed by atoms with Crippen molar-refractivity contribution in [1.82, 2.24) is 0 Å². The lowest BCUT2D eigenvalue weighted by molar-refractivity contribution is -0.144. The highest BCUT2D eigenvalue weighted by Crippen LogP contribution is 2.40. The molecule has 3 nitrogen and oxygen atoms in total. The van der Waals surface area contributed by atoms with Crippen LogP contribution in [0.15, 0.2) is 91.5 Å². The molecule has 0 amide bonds. The molecule has 248 valence electrons. The van der Waals surface area contributed by atoms with Gasteiger partial charge < -0.3 is 14.0 Å². The molecule has 0 unspecified atom stereocenters. The highest BCUT2D eigenvalue weighted by Gasteiger charge is 2.41. The Hall–Kier alpha value is -4.76. The molecule has 0 bridgehead atoms. The first-order chi connectivity index (χ1) is 21.7. The van der Waals surface area contributed by atoms with Gasteiger partial charge in [0, 0.05) is 0 Å². The summed E-state index contributed by atoms with van der Waals surface area (Å²) in [5, 5.41) is 0. The zero-order chi connectivity index (χ0) is 34.8. The van der Waals surface area contributed by atoms with Crippen LogP contribution in [-0.4, -0.2) is 7.32 Å². The van der Waals surface area contributed by atoms with Gasteiger partial charge in [-0.3, -0.25) is 0 Å². The highest BCUT2D eigenvalue weighted by atomic mass is 19.4. The first-order valence-corrected chi connectivity index (χ1v) is 13.1. The third kappa shape index (κ3) is 9.39. The lowest BCUT2D eigenvalue weighted by Gasteiger charge is -2.20.